The average molecular weight is 377 g/mol. The van der Waals surface area contributed by atoms with E-state index in [2.05, 4.69) is 64.0 Å². The molecule has 2 heterocycles. The third kappa shape index (κ3) is 4.26. The van der Waals surface area contributed by atoms with Gasteiger partial charge >= 0.3 is 0 Å². The van der Waals surface area contributed by atoms with Crippen molar-refractivity contribution in [3.63, 3.8) is 0 Å². The number of nitrogens with zero attached hydrogens (tertiary/aromatic N) is 2. The van der Waals surface area contributed by atoms with E-state index in [4.69, 9.17) is 0 Å². The van der Waals surface area contributed by atoms with E-state index in [1.807, 2.05) is 22.0 Å². The van der Waals surface area contributed by atoms with Crippen molar-refractivity contribution in [1.82, 2.24) is 8.61 Å². The van der Waals surface area contributed by atoms with E-state index in [0.717, 1.165) is 25.7 Å². The smallest absolute Gasteiger partial charge is 0.0575 e. The van der Waals surface area contributed by atoms with E-state index in [9.17, 15) is 10.2 Å². The number of hydrogen-bond acceptors (Lipinski definition) is 6. The third-order valence-electron chi connectivity index (χ3n) is 5.32. The van der Waals surface area contributed by atoms with Crippen LogP contribution in [0.1, 0.15) is 81.1 Å². The molecule has 2 aliphatic heterocycles. The Labute approximate surface area is 156 Å². The van der Waals surface area contributed by atoms with E-state index in [1.165, 1.54) is 0 Å². The summed E-state index contributed by atoms with van der Waals surface area (Å²) in [6.45, 7) is 17.8. The molecular formula is C18H36N2O2S2. The Bertz CT molecular complexity index is 388. The first kappa shape index (κ1) is 20.8. The Morgan fingerprint density at radius 1 is 0.583 bits per heavy atom. The van der Waals surface area contributed by atoms with Crippen LogP contribution in [-0.2, 0) is 0 Å². The first-order chi connectivity index (χ1) is 10.7. The van der Waals surface area contributed by atoms with Crippen molar-refractivity contribution in [3.05, 3.63) is 0 Å². The van der Waals surface area contributed by atoms with Crippen LogP contribution in [0.5, 0.6) is 0 Å². The van der Waals surface area contributed by atoms with Gasteiger partial charge < -0.3 is 10.2 Å². The Morgan fingerprint density at radius 2 is 0.792 bits per heavy atom. The van der Waals surface area contributed by atoms with Crippen LogP contribution in [0.15, 0.2) is 0 Å². The zero-order valence-electron chi connectivity index (χ0n) is 16.6. The minimum atomic E-state index is -0.227. The molecule has 2 N–H and O–H groups in total. The van der Waals surface area contributed by atoms with Gasteiger partial charge in [-0.15, -0.1) is 0 Å². The van der Waals surface area contributed by atoms with Gasteiger partial charge in [0.05, 0.1) is 12.2 Å². The van der Waals surface area contributed by atoms with Gasteiger partial charge in [-0.1, -0.05) is 0 Å². The molecule has 4 nitrogen and oxygen atoms in total. The second-order valence-electron chi connectivity index (χ2n) is 10.1. The second kappa shape index (κ2) is 6.61. The van der Waals surface area contributed by atoms with E-state index in [-0.39, 0.29) is 34.4 Å². The van der Waals surface area contributed by atoms with E-state index >= 15 is 0 Å². The van der Waals surface area contributed by atoms with Crippen molar-refractivity contribution >= 4 is 22.0 Å². The fourth-order valence-electron chi connectivity index (χ4n) is 4.89. The van der Waals surface area contributed by atoms with Crippen molar-refractivity contribution in [2.24, 2.45) is 0 Å². The van der Waals surface area contributed by atoms with Crippen LogP contribution in [-0.4, -0.2) is 53.2 Å². The topological polar surface area (TPSA) is 46.9 Å². The lowest BCUT2D eigenvalue weighted by Gasteiger charge is -2.56. The van der Waals surface area contributed by atoms with Gasteiger partial charge in [0.25, 0.3) is 0 Å². The quantitative estimate of drug-likeness (QED) is 0.568. The summed E-state index contributed by atoms with van der Waals surface area (Å²) in [5, 5.41) is 20.5. The van der Waals surface area contributed by atoms with Crippen LogP contribution in [0.25, 0.3) is 0 Å². The number of aliphatic hydroxyl groups excluding tert-OH is 2. The molecule has 0 spiro atoms. The number of piperidine rings is 2. The molecule has 6 heteroatoms. The SMILES string of the molecule is CC1(C)CC(O)CC(C)(C)N1SSN1C(C)(C)CC(O)CC1(C)C. The molecule has 2 rings (SSSR count). The molecular weight excluding hydrogens is 340 g/mol. The molecule has 0 aromatic heterocycles. The monoisotopic (exact) mass is 376 g/mol. The van der Waals surface area contributed by atoms with Crippen LogP contribution in [0.4, 0.5) is 0 Å². The summed E-state index contributed by atoms with van der Waals surface area (Å²) >= 11 is 0. The predicted octanol–water partition coefficient (Wildman–Crippen LogP) is 4.23. The highest BCUT2D eigenvalue weighted by molar-refractivity contribution is 8.74. The minimum absolute atomic E-state index is 0.0532. The summed E-state index contributed by atoms with van der Waals surface area (Å²) < 4.78 is 4.93. The Kier molecular flexibility index (Phi) is 5.74. The van der Waals surface area contributed by atoms with E-state index in [0.29, 0.717) is 0 Å². The highest BCUT2D eigenvalue weighted by Gasteiger charge is 2.49. The maximum atomic E-state index is 10.2. The molecule has 0 unspecified atom stereocenters. The molecule has 0 amide bonds. The van der Waals surface area contributed by atoms with E-state index in [1.54, 1.807) is 0 Å². The second-order valence-corrected chi connectivity index (χ2v) is 12.0. The highest BCUT2D eigenvalue weighted by atomic mass is 33.1. The fourth-order valence-corrected chi connectivity index (χ4v) is 8.95. The molecule has 0 saturated carbocycles. The van der Waals surface area contributed by atoms with Crippen LogP contribution < -0.4 is 0 Å². The molecule has 0 aromatic carbocycles. The van der Waals surface area contributed by atoms with Crippen molar-refractivity contribution in [2.45, 2.75) is 115 Å². The lowest BCUT2D eigenvalue weighted by Crippen LogP contribution is -2.60. The van der Waals surface area contributed by atoms with Crippen LogP contribution in [0.2, 0.25) is 0 Å². The molecule has 2 fully saturated rings. The van der Waals surface area contributed by atoms with E-state index < -0.39 is 0 Å². The summed E-state index contributed by atoms with van der Waals surface area (Å²) in [5.41, 5.74) is -0.213. The van der Waals surface area contributed by atoms with Gasteiger partial charge in [0, 0.05) is 44.1 Å². The molecule has 2 aliphatic rings. The summed E-state index contributed by atoms with van der Waals surface area (Å²) in [4.78, 5) is 0. The first-order valence-electron chi connectivity index (χ1n) is 8.99. The summed E-state index contributed by atoms with van der Waals surface area (Å²) in [7, 11) is 3.62. The number of hydrogen-bond donors (Lipinski definition) is 2. The number of aliphatic hydroxyl groups is 2. The summed E-state index contributed by atoms with van der Waals surface area (Å²) in [6, 6.07) is 0. The molecule has 0 radical (unpaired) electrons. The van der Waals surface area contributed by atoms with Gasteiger partial charge in [0.2, 0.25) is 0 Å². The lowest BCUT2D eigenvalue weighted by atomic mass is 9.81. The van der Waals surface area contributed by atoms with Gasteiger partial charge in [-0.3, -0.25) is 0 Å². The Balaban J connectivity index is 2.16. The number of rotatable bonds is 3. The fraction of sp³-hybridized carbons (Fsp3) is 1.00. The minimum Gasteiger partial charge on any atom is -0.393 e. The average Bonchev–Trinajstić information content (AvgIpc) is 2.26. The van der Waals surface area contributed by atoms with Crippen molar-refractivity contribution in [1.29, 1.82) is 0 Å². The molecule has 24 heavy (non-hydrogen) atoms. The van der Waals surface area contributed by atoms with Gasteiger partial charge in [-0.25, -0.2) is 8.61 Å². The lowest BCUT2D eigenvalue weighted by molar-refractivity contribution is -0.0228. The van der Waals surface area contributed by atoms with Gasteiger partial charge in [-0.2, -0.15) is 0 Å². The van der Waals surface area contributed by atoms with Crippen LogP contribution >= 0.6 is 22.0 Å². The molecule has 142 valence electrons. The standard InChI is InChI=1S/C18H36N2O2S2/c1-15(2)9-13(21)10-16(3,4)19(15)23-24-20-17(5,6)11-14(22)12-18(20,7)8/h13-14,21-22H,9-12H2,1-8H3. The zero-order chi connectivity index (χ0) is 18.6. The zero-order valence-corrected chi connectivity index (χ0v) is 18.2. The van der Waals surface area contributed by atoms with Gasteiger partial charge in [0.15, 0.2) is 0 Å². The van der Waals surface area contributed by atoms with Crippen LogP contribution in [0.3, 0.4) is 0 Å². The van der Waals surface area contributed by atoms with Crippen molar-refractivity contribution < 1.29 is 10.2 Å². The maximum Gasteiger partial charge on any atom is 0.0575 e. The molecule has 0 aromatic rings. The van der Waals surface area contributed by atoms with Gasteiger partial charge in [0.1, 0.15) is 0 Å². The first-order valence-corrected chi connectivity index (χ1v) is 11.1. The van der Waals surface area contributed by atoms with Gasteiger partial charge in [-0.05, 0) is 81.1 Å². The molecule has 0 bridgehead atoms. The Morgan fingerprint density at radius 3 is 1.00 bits per heavy atom. The summed E-state index contributed by atoms with van der Waals surface area (Å²) in [5.74, 6) is 0. The normalized spacial score (nSPS) is 31.2. The highest BCUT2D eigenvalue weighted by Crippen LogP contribution is 2.52. The maximum absolute atomic E-state index is 10.2. The molecule has 0 atom stereocenters. The summed E-state index contributed by atoms with van der Waals surface area (Å²) in [6.07, 6.45) is 2.75. The largest absolute Gasteiger partial charge is 0.393 e. The third-order valence-corrected chi connectivity index (χ3v) is 8.76. The molecule has 0 aliphatic carbocycles. The van der Waals surface area contributed by atoms with Crippen molar-refractivity contribution in [3.8, 4) is 0 Å². The predicted molar refractivity (Wildman–Crippen MR) is 106 cm³/mol. The Hall–Kier alpha value is 0.540. The molecule has 2 saturated heterocycles. The van der Waals surface area contributed by atoms with Crippen LogP contribution in [0, 0.1) is 0 Å². The van der Waals surface area contributed by atoms with Crippen molar-refractivity contribution in [2.75, 3.05) is 0 Å².